The van der Waals surface area contributed by atoms with Crippen LogP contribution in [0.4, 0.5) is 0 Å². The smallest absolute Gasteiger partial charge is 0.0229 e. The first kappa shape index (κ1) is 16.8. The molecule has 0 aliphatic heterocycles. The Morgan fingerprint density at radius 3 is 2.40 bits per heavy atom. The standard InChI is InChI=1S/C10H22S5/c1-3-13-7-9(2)15-10(6-12)8-14-5-4-11/h9-12H,3-8H2,1-2H3. The minimum atomic E-state index is 0.700. The predicted molar refractivity (Wildman–Crippen MR) is 88.9 cm³/mol. The van der Waals surface area contributed by atoms with E-state index in [2.05, 4.69) is 50.9 Å². The van der Waals surface area contributed by atoms with Crippen LogP contribution in [0, 0.1) is 0 Å². The lowest BCUT2D eigenvalue weighted by Crippen LogP contribution is -2.15. The van der Waals surface area contributed by atoms with Crippen LogP contribution in [-0.4, -0.2) is 45.0 Å². The molecule has 0 spiro atoms. The minimum Gasteiger partial charge on any atom is -0.179 e. The van der Waals surface area contributed by atoms with Gasteiger partial charge in [-0.2, -0.15) is 60.5 Å². The predicted octanol–water partition coefficient (Wildman–Crippen LogP) is 3.82. The van der Waals surface area contributed by atoms with Crippen molar-refractivity contribution < 1.29 is 0 Å². The molecule has 0 fully saturated rings. The van der Waals surface area contributed by atoms with Gasteiger partial charge in [-0.05, 0) is 11.5 Å². The largest absolute Gasteiger partial charge is 0.179 e. The van der Waals surface area contributed by atoms with Crippen LogP contribution in [0.25, 0.3) is 0 Å². The molecular formula is C10H22S5. The van der Waals surface area contributed by atoms with Crippen molar-refractivity contribution in [1.29, 1.82) is 0 Å². The van der Waals surface area contributed by atoms with E-state index in [1.165, 1.54) is 17.3 Å². The Hall–Kier alpha value is 1.75. The van der Waals surface area contributed by atoms with Gasteiger partial charge < -0.3 is 0 Å². The SMILES string of the molecule is CCSCC(C)SC(CS)CSCCS. The van der Waals surface area contributed by atoms with Crippen LogP contribution >= 0.6 is 60.5 Å². The molecule has 0 aromatic heterocycles. The Morgan fingerprint density at radius 1 is 1.13 bits per heavy atom. The summed E-state index contributed by atoms with van der Waals surface area (Å²) >= 11 is 14.8. The third-order valence-corrected chi connectivity index (χ3v) is 6.98. The van der Waals surface area contributed by atoms with Gasteiger partial charge in [0.1, 0.15) is 0 Å². The molecule has 0 radical (unpaired) electrons. The van der Waals surface area contributed by atoms with Crippen LogP contribution < -0.4 is 0 Å². The Balaban J connectivity index is 3.57. The van der Waals surface area contributed by atoms with Crippen LogP contribution in [0.3, 0.4) is 0 Å². The van der Waals surface area contributed by atoms with Gasteiger partial charge in [0.05, 0.1) is 0 Å². The highest BCUT2D eigenvalue weighted by atomic mass is 32.2. The average molecular weight is 303 g/mol. The highest BCUT2D eigenvalue weighted by Gasteiger charge is 2.12. The normalized spacial score (nSPS) is 15.2. The highest BCUT2D eigenvalue weighted by molar-refractivity contribution is 8.05. The molecule has 0 rings (SSSR count). The monoisotopic (exact) mass is 302 g/mol. The van der Waals surface area contributed by atoms with Crippen molar-refractivity contribution in [1.82, 2.24) is 0 Å². The quantitative estimate of drug-likeness (QED) is 0.465. The Labute approximate surface area is 119 Å². The van der Waals surface area contributed by atoms with E-state index < -0.39 is 0 Å². The molecule has 0 aromatic rings. The number of rotatable bonds is 10. The summed E-state index contributed by atoms with van der Waals surface area (Å²) in [6.45, 7) is 4.55. The van der Waals surface area contributed by atoms with Crippen molar-refractivity contribution >= 4 is 60.5 Å². The summed E-state index contributed by atoms with van der Waals surface area (Å²) in [7, 11) is 0. The summed E-state index contributed by atoms with van der Waals surface area (Å²) in [5.74, 6) is 6.84. The minimum absolute atomic E-state index is 0.700. The van der Waals surface area contributed by atoms with Gasteiger partial charge >= 0.3 is 0 Å². The van der Waals surface area contributed by atoms with E-state index >= 15 is 0 Å². The van der Waals surface area contributed by atoms with Gasteiger partial charge in [0, 0.05) is 33.5 Å². The fourth-order valence-corrected chi connectivity index (χ4v) is 5.21. The Kier molecular flexibility index (Phi) is 13.6. The third-order valence-electron chi connectivity index (χ3n) is 1.72. The lowest BCUT2D eigenvalue weighted by atomic mass is 10.5. The number of hydrogen-bond acceptors (Lipinski definition) is 5. The van der Waals surface area contributed by atoms with E-state index in [1.54, 1.807) is 0 Å². The maximum Gasteiger partial charge on any atom is 0.0229 e. The van der Waals surface area contributed by atoms with Gasteiger partial charge in [-0.1, -0.05) is 13.8 Å². The van der Waals surface area contributed by atoms with E-state index in [4.69, 9.17) is 0 Å². The second kappa shape index (κ2) is 12.2. The van der Waals surface area contributed by atoms with E-state index in [-0.39, 0.29) is 0 Å². The number of hydrogen-bond donors (Lipinski definition) is 2. The maximum absolute atomic E-state index is 4.42. The van der Waals surface area contributed by atoms with Gasteiger partial charge in [0.2, 0.25) is 0 Å². The van der Waals surface area contributed by atoms with Crippen LogP contribution in [0.1, 0.15) is 13.8 Å². The van der Waals surface area contributed by atoms with Crippen molar-refractivity contribution in [2.75, 3.05) is 34.5 Å². The van der Waals surface area contributed by atoms with Crippen molar-refractivity contribution in [3.63, 3.8) is 0 Å². The van der Waals surface area contributed by atoms with Gasteiger partial charge in [-0.15, -0.1) is 0 Å². The summed E-state index contributed by atoms with van der Waals surface area (Å²) in [6.07, 6.45) is 0. The molecule has 0 saturated heterocycles. The molecule has 0 aliphatic carbocycles. The van der Waals surface area contributed by atoms with Crippen LogP contribution in [0.5, 0.6) is 0 Å². The Bertz CT molecular complexity index is 131. The first-order chi connectivity index (χ1) is 7.24. The fourth-order valence-electron chi connectivity index (χ4n) is 1.07. The van der Waals surface area contributed by atoms with E-state index in [9.17, 15) is 0 Å². The lowest BCUT2D eigenvalue weighted by Gasteiger charge is -2.18. The zero-order valence-corrected chi connectivity index (χ0v) is 13.8. The van der Waals surface area contributed by atoms with Crippen LogP contribution in [0.15, 0.2) is 0 Å². The molecule has 0 amide bonds. The number of thiol groups is 2. The summed E-state index contributed by atoms with van der Waals surface area (Å²) < 4.78 is 0. The van der Waals surface area contributed by atoms with E-state index in [1.807, 2.05) is 23.5 Å². The highest BCUT2D eigenvalue weighted by Crippen LogP contribution is 2.24. The molecule has 0 bridgehead atoms. The van der Waals surface area contributed by atoms with E-state index in [0.29, 0.717) is 5.25 Å². The zero-order valence-electron chi connectivity index (χ0n) is 9.52. The fraction of sp³-hybridized carbons (Fsp3) is 1.00. The third kappa shape index (κ3) is 10.6. The van der Waals surface area contributed by atoms with Gasteiger partial charge in [0.25, 0.3) is 0 Å². The molecule has 2 unspecified atom stereocenters. The molecule has 0 saturated carbocycles. The molecule has 2 atom stereocenters. The first-order valence-electron chi connectivity index (χ1n) is 5.27. The van der Waals surface area contributed by atoms with Gasteiger partial charge in [-0.3, -0.25) is 0 Å². The van der Waals surface area contributed by atoms with Crippen molar-refractivity contribution in [2.45, 2.75) is 24.3 Å². The molecule has 0 nitrogen and oxygen atoms in total. The summed E-state index contributed by atoms with van der Waals surface area (Å²) in [5, 5.41) is 1.45. The molecule has 0 aliphatic rings. The summed E-state index contributed by atoms with van der Waals surface area (Å²) in [5.41, 5.74) is 0. The van der Waals surface area contributed by atoms with Gasteiger partial charge in [-0.25, -0.2) is 0 Å². The van der Waals surface area contributed by atoms with Crippen molar-refractivity contribution in [3.05, 3.63) is 0 Å². The molecular weight excluding hydrogens is 280 g/mol. The van der Waals surface area contributed by atoms with E-state index in [0.717, 1.165) is 22.5 Å². The summed E-state index contributed by atoms with van der Waals surface area (Å²) in [6, 6.07) is 0. The molecule has 5 heteroatoms. The molecule has 0 aromatic carbocycles. The first-order valence-corrected chi connectivity index (χ1v) is 9.78. The molecule has 92 valence electrons. The molecule has 0 heterocycles. The average Bonchev–Trinajstić information content (AvgIpc) is 2.25. The summed E-state index contributed by atoms with van der Waals surface area (Å²) in [4.78, 5) is 0. The van der Waals surface area contributed by atoms with Crippen LogP contribution in [-0.2, 0) is 0 Å². The molecule has 15 heavy (non-hydrogen) atoms. The zero-order chi connectivity index (χ0) is 11.5. The second-order valence-corrected chi connectivity index (χ2v) is 8.23. The van der Waals surface area contributed by atoms with Crippen molar-refractivity contribution in [3.8, 4) is 0 Å². The topological polar surface area (TPSA) is 0 Å². The van der Waals surface area contributed by atoms with Crippen LogP contribution in [0.2, 0.25) is 0 Å². The Morgan fingerprint density at radius 2 is 1.87 bits per heavy atom. The maximum atomic E-state index is 4.42. The second-order valence-electron chi connectivity index (χ2n) is 3.21. The van der Waals surface area contributed by atoms with Gasteiger partial charge in [0.15, 0.2) is 0 Å². The van der Waals surface area contributed by atoms with Crippen molar-refractivity contribution in [2.24, 2.45) is 0 Å². The number of thioether (sulfide) groups is 3. The lowest BCUT2D eigenvalue weighted by molar-refractivity contribution is 1.08. The molecule has 0 N–H and O–H groups in total.